The predicted molar refractivity (Wildman–Crippen MR) is 126 cm³/mol. The smallest absolute Gasteiger partial charge is 0.275 e. The highest BCUT2D eigenvalue weighted by Crippen LogP contribution is 2.22. The molecule has 2 fully saturated rings. The fourth-order valence-electron chi connectivity index (χ4n) is 5.06. The molecule has 0 aromatic heterocycles. The SMILES string of the molecule is Cc1cccc(N2CC[NH+](CC(=O)NC3CC[NH+](Cc4ccccc4)CC3)CC2)c1C. The predicted octanol–water partition coefficient (Wildman–Crippen LogP) is 0.372. The summed E-state index contributed by atoms with van der Waals surface area (Å²) in [4.78, 5) is 18.2. The lowest BCUT2D eigenvalue weighted by Gasteiger charge is -2.35. The van der Waals surface area contributed by atoms with Gasteiger partial charge in [0, 0.05) is 30.1 Å². The molecule has 0 aliphatic carbocycles. The molecule has 0 unspecified atom stereocenters. The summed E-state index contributed by atoms with van der Waals surface area (Å²) >= 11 is 0. The lowest BCUT2D eigenvalue weighted by Crippen LogP contribution is -3.16. The molecule has 0 atom stereocenters. The van der Waals surface area contributed by atoms with Crippen LogP contribution in [0, 0.1) is 13.8 Å². The molecular formula is C26H38N4O+2. The van der Waals surface area contributed by atoms with E-state index in [1.54, 1.807) is 4.90 Å². The summed E-state index contributed by atoms with van der Waals surface area (Å²) in [5, 5.41) is 3.32. The van der Waals surface area contributed by atoms with Crippen molar-refractivity contribution in [3.8, 4) is 0 Å². The van der Waals surface area contributed by atoms with E-state index < -0.39 is 0 Å². The van der Waals surface area contributed by atoms with E-state index in [1.807, 2.05) is 0 Å². The summed E-state index contributed by atoms with van der Waals surface area (Å²) in [5.74, 6) is 0.228. The minimum Gasteiger partial charge on any atom is -0.360 e. The molecule has 2 saturated heterocycles. The summed E-state index contributed by atoms with van der Waals surface area (Å²) < 4.78 is 0. The largest absolute Gasteiger partial charge is 0.360 e. The van der Waals surface area contributed by atoms with Gasteiger partial charge in [0.15, 0.2) is 6.54 Å². The van der Waals surface area contributed by atoms with Gasteiger partial charge in [0.1, 0.15) is 6.54 Å². The van der Waals surface area contributed by atoms with Gasteiger partial charge in [0.25, 0.3) is 5.91 Å². The number of piperazine rings is 1. The van der Waals surface area contributed by atoms with E-state index in [2.05, 4.69) is 72.6 Å². The van der Waals surface area contributed by atoms with Gasteiger partial charge in [-0.25, -0.2) is 0 Å². The Hall–Kier alpha value is -2.37. The Morgan fingerprint density at radius 3 is 2.35 bits per heavy atom. The molecule has 2 aliphatic rings. The molecule has 5 heteroatoms. The third-order valence-corrected chi connectivity index (χ3v) is 7.15. The number of likely N-dealkylation sites (tertiary alicyclic amines) is 1. The second-order valence-corrected chi connectivity index (χ2v) is 9.39. The molecule has 0 spiro atoms. The number of hydrogen-bond acceptors (Lipinski definition) is 2. The second-order valence-electron chi connectivity index (χ2n) is 9.39. The number of carbonyl (C=O) groups excluding carboxylic acids is 1. The first-order valence-electron chi connectivity index (χ1n) is 11.9. The fourth-order valence-corrected chi connectivity index (χ4v) is 5.06. The van der Waals surface area contributed by atoms with Crippen LogP contribution in [0.5, 0.6) is 0 Å². The maximum Gasteiger partial charge on any atom is 0.275 e. The van der Waals surface area contributed by atoms with Gasteiger partial charge in [-0.3, -0.25) is 4.79 Å². The zero-order valence-corrected chi connectivity index (χ0v) is 19.1. The summed E-state index contributed by atoms with van der Waals surface area (Å²) in [6.07, 6.45) is 2.17. The third-order valence-electron chi connectivity index (χ3n) is 7.15. The molecular weight excluding hydrogens is 384 g/mol. The average Bonchev–Trinajstić information content (AvgIpc) is 2.78. The van der Waals surface area contributed by atoms with E-state index in [-0.39, 0.29) is 5.91 Å². The normalized spacial score (nSPS) is 22.3. The van der Waals surface area contributed by atoms with Crippen molar-refractivity contribution < 1.29 is 14.6 Å². The first-order chi connectivity index (χ1) is 15.1. The third kappa shape index (κ3) is 5.86. The minimum atomic E-state index is 0.228. The number of aryl methyl sites for hydroxylation is 1. The Labute approximate surface area is 187 Å². The van der Waals surface area contributed by atoms with Gasteiger partial charge < -0.3 is 20.0 Å². The van der Waals surface area contributed by atoms with Gasteiger partial charge in [-0.2, -0.15) is 0 Å². The Kier molecular flexibility index (Phi) is 7.25. The van der Waals surface area contributed by atoms with Crippen LogP contribution in [0.1, 0.15) is 29.5 Å². The number of nitrogens with zero attached hydrogens (tertiary/aromatic N) is 1. The molecule has 2 aromatic rings. The molecule has 0 radical (unpaired) electrons. The van der Waals surface area contributed by atoms with E-state index in [9.17, 15) is 4.79 Å². The second kappa shape index (κ2) is 10.3. The molecule has 31 heavy (non-hydrogen) atoms. The van der Waals surface area contributed by atoms with Gasteiger partial charge in [0.05, 0.1) is 39.3 Å². The van der Waals surface area contributed by atoms with E-state index in [0.717, 1.165) is 58.7 Å². The first-order valence-corrected chi connectivity index (χ1v) is 11.9. The molecule has 0 bridgehead atoms. The summed E-state index contributed by atoms with van der Waals surface area (Å²) in [6, 6.07) is 17.6. The van der Waals surface area contributed by atoms with Crippen molar-refractivity contribution in [2.24, 2.45) is 0 Å². The average molecular weight is 423 g/mol. The highest BCUT2D eigenvalue weighted by molar-refractivity contribution is 5.77. The van der Waals surface area contributed by atoms with Crippen molar-refractivity contribution in [2.45, 2.75) is 39.3 Å². The minimum absolute atomic E-state index is 0.228. The molecule has 2 aliphatic heterocycles. The molecule has 1 amide bonds. The number of rotatable bonds is 6. The molecule has 166 valence electrons. The van der Waals surface area contributed by atoms with E-state index in [4.69, 9.17) is 0 Å². The van der Waals surface area contributed by atoms with Crippen molar-refractivity contribution in [1.82, 2.24) is 5.32 Å². The fraction of sp³-hybridized carbons (Fsp3) is 0.500. The number of carbonyl (C=O) groups is 1. The molecule has 3 N–H and O–H groups in total. The zero-order chi connectivity index (χ0) is 21.6. The number of piperidine rings is 1. The summed E-state index contributed by atoms with van der Waals surface area (Å²) in [7, 11) is 0. The van der Waals surface area contributed by atoms with Crippen molar-refractivity contribution in [3.63, 3.8) is 0 Å². The van der Waals surface area contributed by atoms with Gasteiger partial charge in [0.2, 0.25) is 0 Å². The van der Waals surface area contributed by atoms with Crippen molar-refractivity contribution >= 4 is 11.6 Å². The maximum absolute atomic E-state index is 12.6. The van der Waals surface area contributed by atoms with Crippen molar-refractivity contribution in [2.75, 3.05) is 50.7 Å². The Bertz CT molecular complexity index is 853. The van der Waals surface area contributed by atoms with Crippen LogP contribution in [0.4, 0.5) is 5.69 Å². The number of anilines is 1. The van der Waals surface area contributed by atoms with Gasteiger partial charge in [-0.15, -0.1) is 0 Å². The Morgan fingerprint density at radius 2 is 1.65 bits per heavy atom. The lowest BCUT2D eigenvalue weighted by atomic mass is 10.0. The topological polar surface area (TPSA) is 41.2 Å². The van der Waals surface area contributed by atoms with Crippen molar-refractivity contribution in [3.05, 3.63) is 65.2 Å². The standard InChI is InChI=1S/C26H36N4O/c1-21-7-6-10-25(22(21)2)30-17-15-29(16-18-30)20-26(31)27-24-11-13-28(14-12-24)19-23-8-4-3-5-9-23/h3-10,24H,11-20H2,1-2H3,(H,27,31)/p+2. The molecule has 2 aromatic carbocycles. The number of hydrogen-bond donors (Lipinski definition) is 3. The van der Waals surface area contributed by atoms with Crippen LogP contribution in [0.3, 0.4) is 0 Å². The molecule has 2 heterocycles. The number of nitrogens with one attached hydrogen (secondary N) is 3. The summed E-state index contributed by atoms with van der Waals surface area (Å²) in [5.41, 5.74) is 5.49. The quantitative estimate of drug-likeness (QED) is 0.630. The molecule has 5 nitrogen and oxygen atoms in total. The number of amides is 1. The Balaban J connectivity index is 1.17. The van der Waals surface area contributed by atoms with Gasteiger partial charge in [-0.1, -0.05) is 42.5 Å². The highest BCUT2D eigenvalue weighted by Gasteiger charge is 2.27. The van der Waals surface area contributed by atoms with Crippen LogP contribution in [-0.2, 0) is 11.3 Å². The highest BCUT2D eigenvalue weighted by atomic mass is 16.2. The van der Waals surface area contributed by atoms with Crippen LogP contribution in [-0.4, -0.2) is 57.8 Å². The monoisotopic (exact) mass is 422 g/mol. The van der Waals surface area contributed by atoms with Crippen LogP contribution < -0.4 is 20.0 Å². The van der Waals surface area contributed by atoms with Crippen LogP contribution in [0.25, 0.3) is 0 Å². The van der Waals surface area contributed by atoms with E-state index >= 15 is 0 Å². The molecule has 4 rings (SSSR count). The van der Waals surface area contributed by atoms with Gasteiger partial charge in [-0.05, 0) is 31.0 Å². The van der Waals surface area contributed by atoms with Gasteiger partial charge >= 0.3 is 0 Å². The number of benzene rings is 2. The number of quaternary nitrogens is 2. The van der Waals surface area contributed by atoms with E-state index in [1.165, 1.54) is 27.3 Å². The van der Waals surface area contributed by atoms with Crippen LogP contribution >= 0.6 is 0 Å². The zero-order valence-electron chi connectivity index (χ0n) is 19.1. The maximum atomic E-state index is 12.6. The lowest BCUT2D eigenvalue weighted by molar-refractivity contribution is -0.918. The van der Waals surface area contributed by atoms with Crippen molar-refractivity contribution in [1.29, 1.82) is 0 Å². The van der Waals surface area contributed by atoms with Crippen LogP contribution in [0.15, 0.2) is 48.5 Å². The van der Waals surface area contributed by atoms with Crippen LogP contribution in [0.2, 0.25) is 0 Å². The summed E-state index contributed by atoms with van der Waals surface area (Å²) in [6.45, 7) is 12.5. The Morgan fingerprint density at radius 1 is 0.935 bits per heavy atom. The molecule has 0 saturated carbocycles. The first kappa shape index (κ1) is 21.8. The van der Waals surface area contributed by atoms with E-state index in [0.29, 0.717) is 12.6 Å².